The molecule has 0 aliphatic carbocycles. The topological polar surface area (TPSA) is 97.1 Å². The van der Waals surface area contributed by atoms with Crippen LogP contribution in [0.1, 0.15) is 21.6 Å². The molecule has 166 valence electrons. The molecule has 0 bridgehead atoms. The van der Waals surface area contributed by atoms with Gasteiger partial charge in [-0.1, -0.05) is 23.2 Å². The zero-order valence-electron chi connectivity index (χ0n) is 17.1. The molecule has 0 fully saturated rings. The fourth-order valence-electron chi connectivity index (χ4n) is 4.04. The minimum absolute atomic E-state index is 0.0481. The number of nitrogens with one attached hydrogen (secondary N) is 1. The minimum Gasteiger partial charge on any atom is -0.477 e. The number of halogens is 2. The van der Waals surface area contributed by atoms with Gasteiger partial charge in [-0.25, -0.2) is 18.5 Å². The first-order chi connectivity index (χ1) is 15.8. The smallest absolute Gasteiger partial charge is 0.354 e. The summed E-state index contributed by atoms with van der Waals surface area (Å²) in [6, 6.07) is 9.03. The van der Waals surface area contributed by atoms with Crippen molar-refractivity contribution < 1.29 is 14.3 Å². The van der Waals surface area contributed by atoms with Crippen LogP contribution in [0.5, 0.6) is 0 Å². The predicted octanol–water partition coefficient (Wildman–Crippen LogP) is 4.54. The minimum atomic E-state index is -1.34. The summed E-state index contributed by atoms with van der Waals surface area (Å²) in [4.78, 5) is 41.4. The number of aryl methyl sites for hydroxylation is 1. The van der Waals surface area contributed by atoms with Gasteiger partial charge in [0, 0.05) is 21.2 Å². The Morgan fingerprint density at radius 2 is 1.94 bits per heavy atom. The van der Waals surface area contributed by atoms with Gasteiger partial charge in [-0.15, -0.1) is 11.3 Å². The molecular formula is C23H15ClFN3O4S. The van der Waals surface area contributed by atoms with Crippen LogP contribution in [0.25, 0.3) is 27.5 Å². The summed E-state index contributed by atoms with van der Waals surface area (Å²) in [5, 5.41) is 14.4. The number of aromatic nitrogens is 3. The number of carboxylic acid groups (broad SMARTS) is 1. The molecule has 0 unspecified atom stereocenters. The van der Waals surface area contributed by atoms with Crippen molar-refractivity contribution in [2.75, 3.05) is 0 Å². The molecule has 0 aliphatic heterocycles. The molecule has 0 spiro atoms. The van der Waals surface area contributed by atoms with Gasteiger partial charge in [0.15, 0.2) is 5.69 Å². The molecule has 2 aromatic carbocycles. The second-order valence-electron chi connectivity index (χ2n) is 7.61. The lowest BCUT2D eigenvalue weighted by Crippen LogP contribution is -2.34. The van der Waals surface area contributed by atoms with Crippen LogP contribution >= 0.6 is 22.9 Å². The van der Waals surface area contributed by atoms with Crippen LogP contribution in [0, 0.1) is 12.7 Å². The number of aromatic carboxylic acids is 1. The van der Waals surface area contributed by atoms with Crippen molar-refractivity contribution in [2.24, 2.45) is 0 Å². The van der Waals surface area contributed by atoms with Crippen LogP contribution in [-0.2, 0) is 6.54 Å². The zero-order valence-corrected chi connectivity index (χ0v) is 18.6. The van der Waals surface area contributed by atoms with E-state index in [-0.39, 0.29) is 28.3 Å². The summed E-state index contributed by atoms with van der Waals surface area (Å²) in [5.74, 6) is -1.86. The molecule has 5 rings (SSSR count). The quantitative estimate of drug-likeness (QED) is 0.392. The van der Waals surface area contributed by atoms with E-state index in [1.807, 2.05) is 6.92 Å². The Balaban J connectivity index is 1.91. The molecule has 33 heavy (non-hydrogen) atoms. The van der Waals surface area contributed by atoms with E-state index in [0.29, 0.717) is 22.0 Å². The molecular weight excluding hydrogens is 469 g/mol. The molecule has 7 nitrogen and oxygen atoms in total. The SMILES string of the molecule is Cc1ccc2c(c1)c(-n1c(=O)[nH]c3cscc3c1=O)c(C(=O)O)n2Cc1cc(F)ccc1Cl. The second-order valence-corrected chi connectivity index (χ2v) is 8.77. The number of thiophene rings is 1. The first kappa shape index (κ1) is 21.2. The number of nitrogens with zero attached hydrogens (tertiary/aromatic N) is 2. The van der Waals surface area contributed by atoms with Crippen LogP contribution in [-0.4, -0.2) is 25.2 Å². The Kier molecular flexibility index (Phi) is 4.95. The highest BCUT2D eigenvalue weighted by Gasteiger charge is 2.27. The van der Waals surface area contributed by atoms with Gasteiger partial charge in [-0.05, 0) is 42.8 Å². The maximum absolute atomic E-state index is 13.9. The molecule has 0 atom stereocenters. The number of benzene rings is 2. The van der Waals surface area contributed by atoms with E-state index in [0.717, 1.165) is 10.1 Å². The first-order valence-corrected chi connectivity index (χ1v) is 11.1. The van der Waals surface area contributed by atoms with Gasteiger partial charge < -0.3 is 14.7 Å². The summed E-state index contributed by atoms with van der Waals surface area (Å²) >= 11 is 7.50. The van der Waals surface area contributed by atoms with Crippen molar-refractivity contribution in [3.05, 3.63) is 95.7 Å². The fourth-order valence-corrected chi connectivity index (χ4v) is 4.97. The van der Waals surface area contributed by atoms with Crippen LogP contribution in [0.15, 0.2) is 56.7 Å². The molecule has 3 aromatic heterocycles. The van der Waals surface area contributed by atoms with Gasteiger partial charge in [-0.3, -0.25) is 4.79 Å². The van der Waals surface area contributed by atoms with Crippen LogP contribution in [0.4, 0.5) is 4.39 Å². The number of hydrogen-bond acceptors (Lipinski definition) is 4. The highest BCUT2D eigenvalue weighted by atomic mass is 35.5. The maximum Gasteiger partial charge on any atom is 0.354 e. The molecule has 3 heterocycles. The van der Waals surface area contributed by atoms with Gasteiger partial charge in [0.1, 0.15) is 5.82 Å². The van der Waals surface area contributed by atoms with Crippen molar-refractivity contribution in [3.63, 3.8) is 0 Å². The molecule has 0 radical (unpaired) electrons. The van der Waals surface area contributed by atoms with E-state index in [4.69, 9.17) is 11.6 Å². The average Bonchev–Trinajstić information content (AvgIpc) is 3.34. The van der Waals surface area contributed by atoms with E-state index >= 15 is 0 Å². The van der Waals surface area contributed by atoms with E-state index in [1.54, 1.807) is 29.0 Å². The van der Waals surface area contributed by atoms with Crippen LogP contribution in [0.3, 0.4) is 0 Å². The molecule has 10 heteroatoms. The third-order valence-electron chi connectivity index (χ3n) is 5.49. The van der Waals surface area contributed by atoms with E-state index in [9.17, 15) is 23.9 Å². The van der Waals surface area contributed by atoms with Crippen molar-refractivity contribution in [1.29, 1.82) is 0 Å². The van der Waals surface area contributed by atoms with Gasteiger partial charge in [0.05, 0.1) is 28.7 Å². The molecule has 0 saturated carbocycles. The van der Waals surface area contributed by atoms with Crippen molar-refractivity contribution >= 4 is 50.7 Å². The second kappa shape index (κ2) is 7.72. The largest absolute Gasteiger partial charge is 0.477 e. The van der Waals surface area contributed by atoms with E-state index in [2.05, 4.69) is 4.98 Å². The number of hydrogen-bond donors (Lipinski definition) is 2. The Bertz CT molecular complexity index is 1710. The first-order valence-electron chi connectivity index (χ1n) is 9.78. The van der Waals surface area contributed by atoms with Crippen LogP contribution in [0.2, 0.25) is 5.02 Å². The molecule has 0 saturated heterocycles. The normalized spacial score (nSPS) is 11.5. The summed E-state index contributed by atoms with van der Waals surface area (Å²) in [6.45, 7) is 1.74. The van der Waals surface area contributed by atoms with E-state index in [1.165, 1.54) is 34.1 Å². The number of aromatic amines is 1. The monoisotopic (exact) mass is 483 g/mol. The average molecular weight is 484 g/mol. The number of H-pyrrole nitrogens is 1. The van der Waals surface area contributed by atoms with Crippen LogP contribution < -0.4 is 11.2 Å². The predicted molar refractivity (Wildman–Crippen MR) is 126 cm³/mol. The molecule has 5 aromatic rings. The standard InChI is InChI=1S/C23H15ClFN3O4S/c1-11-2-5-18-14(6-11)19(28-21(29)15-9-33-10-17(15)26-23(28)32)20(22(30)31)27(18)8-12-7-13(25)3-4-16(12)24/h2-7,9-10H,8H2,1H3,(H,26,32)(H,30,31). The lowest BCUT2D eigenvalue weighted by Gasteiger charge is -2.11. The zero-order chi connectivity index (χ0) is 23.4. The Labute approximate surface area is 193 Å². The molecule has 0 amide bonds. The van der Waals surface area contributed by atoms with Gasteiger partial charge in [0.2, 0.25) is 0 Å². The Morgan fingerprint density at radius 3 is 2.70 bits per heavy atom. The summed E-state index contributed by atoms with van der Waals surface area (Å²) in [6.07, 6.45) is 0. The summed E-state index contributed by atoms with van der Waals surface area (Å²) in [5.41, 5.74) is 0.311. The van der Waals surface area contributed by atoms with Gasteiger partial charge in [0.25, 0.3) is 5.56 Å². The summed E-state index contributed by atoms with van der Waals surface area (Å²) in [7, 11) is 0. The number of carboxylic acids is 1. The van der Waals surface area contributed by atoms with Crippen molar-refractivity contribution in [2.45, 2.75) is 13.5 Å². The Morgan fingerprint density at radius 1 is 1.15 bits per heavy atom. The lowest BCUT2D eigenvalue weighted by molar-refractivity contribution is 0.0686. The third kappa shape index (κ3) is 3.37. The van der Waals surface area contributed by atoms with E-state index < -0.39 is 23.0 Å². The third-order valence-corrected chi connectivity index (χ3v) is 6.61. The maximum atomic E-state index is 13.9. The van der Waals surface area contributed by atoms with Crippen molar-refractivity contribution in [1.82, 2.24) is 14.1 Å². The fraction of sp³-hybridized carbons (Fsp3) is 0.0870. The number of carbonyl (C=O) groups is 1. The highest BCUT2D eigenvalue weighted by Crippen LogP contribution is 2.32. The van der Waals surface area contributed by atoms with Gasteiger partial charge >= 0.3 is 11.7 Å². The van der Waals surface area contributed by atoms with Crippen molar-refractivity contribution in [3.8, 4) is 5.69 Å². The molecule has 2 N–H and O–H groups in total. The lowest BCUT2D eigenvalue weighted by atomic mass is 10.1. The van der Waals surface area contributed by atoms with Gasteiger partial charge in [-0.2, -0.15) is 0 Å². The molecule has 0 aliphatic rings. The number of fused-ring (bicyclic) bond motifs is 2. The summed E-state index contributed by atoms with van der Waals surface area (Å²) < 4.78 is 16.2. The Hall–Kier alpha value is -3.69. The highest BCUT2D eigenvalue weighted by molar-refractivity contribution is 7.09. The number of rotatable bonds is 4.